The van der Waals surface area contributed by atoms with Gasteiger partial charge in [-0.1, -0.05) is 33.4 Å². The van der Waals surface area contributed by atoms with Crippen LogP contribution in [-0.2, 0) is 4.43 Å². The van der Waals surface area contributed by atoms with Crippen LogP contribution in [-0.4, -0.2) is 35.8 Å². The van der Waals surface area contributed by atoms with Crippen molar-refractivity contribution in [2.24, 2.45) is 0 Å². The Morgan fingerprint density at radius 2 is 1.52 bits per heavy atom. The molecule has 0 bridgehead atoms. The van der Waals surface area contributed by atoms with Crippen LogP contribution < -0.4 is 0 Å². The fourth-order valence-corrected chi connectivity index (χ4v) is 3.08. The number of aliphatic hydroxyl groups is 2. The summed E-state index contributed by atoms with van der Waals surface area (Å²) in [7, 11) is -2.00. The van der Waals surface area contributed by atoms with Crippen molar-refractivity contribution < 1.29 is 14.6 Å². The second kappa shape index (κ2) is 6.37. The minimum Gasteiger partial charge on any atom is -0.411 e. The quantitative estimate of drug-likeness (QED) is 0.575. The van der Waals surface area contributed by atoms with Crippen LogP contribution in [0.4, 0.5) is 0 Å². The van der Waals surface area contributed by atoms with E-state index in [0.29, 0.717) is 5.57 Å². The molecule has 2 atom stereocenters. The van der Waals surface area contributed by atoms with E-state index in [1.54, 1.807) is 32.9 Å². The lowest BCUT2D eigenvalue weighted by Gasteiger charge is -2.43. The summed E-state index contributed by atoms with van der Waals surface area (Å²) in [6.45, 7) is 21.7. The highest BCUT2D eigenvalue weighted by Crippen LogP contribution is 2.39. The summed E-state index contributed by atoms with van der Waals surface area (Å²) >= 11 is 0. The molecule has 0 saturated carbocycles. The Balaban J connectivity index is 5.42. The van der Waals surface area contributed by atoms with Crippen molar-refractivity contribution in [2.45, 2.75) is 83.9 Å². The highest BCUT2D eigenvalue weighted by Gasteiger charge is 2.43. The summed E-state index contributed by atoms with van der Waals surface area (Å²) in [4.78, 5) is 0. The van der Waals surface area contributed by atoms with Crippen LogP contribution in [0.15, 0.2) is 24.3 Å². The Hall–Kier alpha value is -0.423. The standard InChI is InChI=1S/C17H34O3Si/c1-13(2)17(19,12-11-16(7,8)18)14(3)20-21(9,10)15(4,5)6/h11-12,14,18-19H,1H2,2-10H3/b12-11-/t14-,17?/m1/s1. The molecule has 0 saturated heterocycles. The van der Waals surface area contributed by atoms with E-state index >= 15 is 0 Å². The molecular formula is C17H34O3Si. The SMILES string of the molecule is C=C(C)C(O)(/C=C\C(C)(C)O)[C@@H](C)O[Si](C)(C)C(C)(C)C. The maximum absolute atomic E-state index is 10.9. The van der Waals surface area contributed by atoms with Gasteiger partial charge in [0, 0.05) is 0 Å². The molecule has 0 aromatic carbocycles. The third-order valence-electron chi connectivity index (χ3n) is 4.33. The first kappa shape index (κ1) is 20.6. The van der Waals surface area contributed by atoms with Crippen molar-refractivity contribution in [2.75, 3.05) is 0 Å². The van der Waals surface area contributed by atoms with Crippen LogP contribution in [0.25, 0.3) is 0 Å². The highest BCUT2D eigenvalue weighted by atomic mass is 28.4. The number of hydrogen-bond acceptors (Lipinski definition) is 3. The lowest BCUT2D eigenvalue weighted by Crippen LogP contribution is -2.51. The van der Waals surface area contributed by atoms with Crippen LogP contribution >= 0.6 is 0 Å². The summed E-state index contributed by atoms with van der Waals surface area (Å²) in [5.74, 6) is 0. The first-order valence-corrected chi connectivity index (χ1v) is 10.4. The lowest BCUT2D eigenvalue weighted by atomic mass is 9.88. The van der Waals surface area contributed by atoms with E-state index in [9.17, 15) is 10.2 Å². The van der Waals surface area contributed by atoms with Gasteiger partial charge in [-0.05, 0) is 57.5 Å². The van der Waals surface area contributed by atoms with Gasteiger partial charge in [-0.3, -0.25) is 0 Å². The third kappa shape index (κ3) is 5.70. The van der Waals surface area contributed by atoms with Crippen LogP contribution in [0, 0.1) is 0 Å². The molecule has 4 heteroatoms. The summed E-state index contributed by atoms with van der Waals surface area (Å²) in [6.07, 6.45) is 2.77. The van der Waals surface area contributed by atoms with Crippen LogP contribution in [0.2, 0.25) is 18.1 Å². The average molecular weight is 315 g/mol. The summed E-state index contributed by atoms with van der Waals surface area (Å²) in [6, 6.07) is 0. The van der Waals surface area contributed by atoms with E-state index in [1.165, 1.54) is 0 Å². The van der Waals surface area contributed by atoms with E-state index in [4.69, 9.17) is 4.43 Å². The van der Waals surface area contributed by atoms with Crippen LogP contribution in [0.1, 0.15) is 48.5 Å². The van der Waals surface area contributed by atoms with Crippen molar-refractivity contribution in [3.8, 4) is 0 Å². The normalized spacial score (nSPS) is 18.6. The van der Waals surface area contributed by atoms with Gasteiger partial charge in [0.2, 0.25) is 0 Å². The molecule has 0 amide bonds. The molecular weight excluding hydrogens is 280 g/mol. The van der Waals surface area contributed by atoms with Gasteiger partial charge in [0.25, 0.3) is 0 Å². The molecule has 0 radical (unpaired) electrons. The zero-order valence-corrected chi connectivity index (χ0v) is 16.2. The van der Waals surface area contributed by atoms with E-state index in [0.717, 1.165) is 0 Å². The minimum absolute atomic E-state index is 0.0667. The summed E-state index contributed by atoms with van der Waals surface area (Å²) < 4.78 is 6.29. The maximum atomic E-state index is 10.9. The van der Waals surface area contributed by atoms with Crippen molar-refractivity contribution in [1.29, 1.82) is 0 Å². The smallest absolute Gasteiger partial charge is 0.192 e. The maximum Gasteiger partial charge on any atom is 0.192 e. The third-order valence-corrected chi connectivity index (χ3v) is 8.88. The molecule has 0 rings (SSSR count). The zero-order valence-electron chi connectivity index (χ0n) is 15.2. The number of hydrogen-bond donors (Lipinski definition) is 2. The van der Waals surface area contributed by atoms with Gasteiger partial charge in [-0.15, -0.1) is 0 Å². The largest absolute Gasteiger partial charge is 0.411 e. The fraction of sp³-hybridized carbons (Fsp3) is 0.765. The van der Waals surface area contributed by atoms with Crippen molar-refractivity contribution in [3.63, 3.8) is 0 Å². The molecule has 0 aliphatic heterocycles. The average Bonchev–Trinajstić information content (AvgIpc) is 2.22. The van der Waals surface area contributed by atoms with Gasteiger partial charge in [-0.2, -0.15) is 0 Å². The molecule has 0 aliphatic rings. The molecule has 0 fully saturated rings. The lowest BCUT2D eigenvalue weighted by molar-refractivity contribution is 0.00386. The Labute approximate surface area is 131 Å². The van der Waals surface area contributed by atoms with Crippen molar-refractivity contribution in [1.82, 2.24) is 0 Å². The highest BCUT2D eigenvalue weighted by molar-refractivity contribution is 6.74. The molecule has 2 N–H and O–H groups in total. The van der Waals surface area contributed by atoms with E-state index < -0.39 is 25.6 Å². The molecule has 21 heavy (non-hydrogen) atoms. The first-order valence-electron chi connectivity index (χ1n) is 7.52. The predicted octanol–water partition coefficient (Wildman–Crippen LogP) is 4.03. The van der Waals surface area contributed by atoms with Gasteiger partial charge < -0.3 is 14.6 Å². The van der Waals surface area contributed by atoms with Gasteiger partial charge in [0.05, 0.1) is 11.7 Å². The molecule has 0 aromatic heterocycles. The topological polar surface area (TPSA) is 49.7 Å². The summed E-state index contributed by atoms with van der Waals surface area (Å²) in [5, 5.41) is 20.9. The second-order valence-corrected chi connectivity index (χ2v) is 12.9. The van der Waals surface area contributed by atoms with Crippen molar-refractivity contribution in [3.05, 3.63) is 24.3 Å². The zero-order chi connectivity index (χ0) is 17.3. The Morgan fingerprint density at radius 3 is 1.81 bits per heavy atom. The molecule has 0 spiro atoms. The molecule has 3 nitrogen and oxygen atoms in total. The second-order valence-electron chi connectivity index (χ2n) is 8.11. The minimum atomic E-state index is -2.00. The predicted molar refractivity (Wildman–Crippen MR) is 92.9 cm³/mol. The molecule has 0 aliphatic carbocycles. The number of rotatable bonds is 6. The van der Waals surface area contributed by atoms with Crippen LogP contribution in [0.5, 0.6) is 0 Å². The van der Waals surface area contributed by atoms with Crippen molar-refractivity contribution >= 4 is 8.32 Å². The summed E-state index contributed by atoms with van der Waals surface area (Å²) in [5.41, 5.74) is -1.66. The molecule has 0 aromatic rings. The van der Waals surface area contributed by atoms with Gasteiger partial charge >= 0.3 is 0 Å². The van der Waals surface area contributed by atoms with Gasteiger partial charge in [0.1, 0.15) is 5.60 Å². The molecule has 124 valence electrons. The first-order chi connectivity index (χ1) is 9.03. The fourth-order valence-electron chi connectivity index (χ4n) is 1.66. The molecule has 0 heterocycles. The molecule has 1 unspecified atom stereocenters. The van der Waals surface area contributed by atoms with Gasteiger partial charge in [0.15, 0.2) is 8.32 Å². The van der Waals surface area contributed by atoms with E-state index in [-0.39, 0.29) is 5.04 Å². The van der Waals surface area contributed by atoms with E-state index in [1.807, 2.05) is 6.92 Å². The van der Waals surface area contributed by atoms with Crippen LogP contribution in [0.3, 0.4) is 0 Å². The van der Waals surface area contributed by atoms with E-state index in [2.05, 4.69) is 40.4 Å². The van der Waals surface area contributed by atoms with Gasteiger partial charge in [-0.25, -0.2) is 0 Å². The monoisotopic (exact) mass is 314 g/mol. The Morgan fingerprint density at radius 1 is 1.10 bits per heavy atom. The Kier molecular flexibility index (Phi) is 6.24. The Bertz CT molecular complexity index is 399.